The van der Waals surface area contributed by atoms with Gasteiger partial charge >= 0.3 is 6.18 Å². The Balaban J connectivity index is 2.39. The van der Waals surface area contributed by atoms with Crippen LogP contribution in [0.4, 0.5) is 17.6 Å². The van der Waals surface area contributed by atoms with Gasteiger partial charge in [-0.1, -0.05) is 0 Å². The van der Waals surface area contributed by atoms with Gasteiger partial charge in [0.05, 0.1) is 0 Å². The molecule has 1 atom stereocenters. The standard InChI is InChI=1S/C4H3F4/c5-3-1-2(3)4(6,7)8/h3H,1H2. The number of rotatable bonds is 0. The van der Waals surface area contributed by atoms with Gasteiger partial charge in [0.1, 0.15) is 12.1 Å². The molecule has 0 aromatic heterocycles. The molecule has 0 amide bonds. The molecule has 0 N–H and O–H groups in total. The van der Waals surface area contributed by atoms with E-state index in [2.05, 4.69) is 0 Å². The maximum Gasteiger partial charge on any atom is 0.398 e. The second-order valence-corrected chi connectivity index (χ2v) is 1.69. The molecular weight excluding hydrogens is 124 g/mol. The van der Waals surface area contributed by atoms with Gasteiger partial charge in [0.2, 0.25) is 0 Å². The third kappa shape index (κ3) is 0.928. The molecule has 1 aliphatic rings. The molecule has 0 spiro atoms. The van der Waals surface area contributed by atoms with Crippen molar-refractivity contribution in [2.75, 3.05) is 0 Å². The zero-order chi connectivity index (χ0) is 6.36. The van der Waals surface area contributed by atoms with Gasteiger partial charge in [0.15, 0.2) is 0 Å². The SMILES string of the molecule is FC1C[C]1C(F)(F)F. The number of hydrogen-bond acceptors (Lipinski definition) is 0. The minimum absolute atomic E-state index is 0.413. The minimum atomic E-state index is -4.38. The van der Waals surface area contributed by atoms with Crippen molar-refractivity contribution in [3.8, 4) is 0 Å². The van der Waals surface area contributed by atoms with E-state index in [4.69, 9.17) is 0 Å². The van der Waals surface area contributed by atoms with E-state index in [1.165, 1.54) is 0 Å². The molecule has 0 aromatic rings. The molecule has 8 heavy (non-hydrogen) atoms. The molecule has 1 aliphatic carbocycles. The molecule has 47 valence electrons. The lowest BCUT2D eigenvalue weighted by Crippen LogP contribution is -2.09. The van der Waals surface area contributed by atoms with Crippen molar-refractivity contribution in [2.24, 2.45) is 0 Å². The Bertz CT molecular complexity index is 94.7. The highest BCUT2D eigenvalue weighted by Crippen LogP contribution is 2.48. The van der Waals surface area contributed by atoms with Gasteiger partial charge in [-0.15, -0.1) is 0 Å². The van der Waals surface area contributed by atoms with E-state index in [1.54, 1.807) is 0 Å². The Morgan fingerprint density at radius 1 is 1.38 bits per heavy atom. The van der Waals surface area contributed by atoms with Gasteiger partial charge < -0.3 is 0 Å². The van der Waals surface area contributed by atoms with E-state index < -0.39 is 24.7 Å². The second kappa shape index (κ2) is 1.36. The van der Waals surface area contributed by atoms with Gasteiger partial charge in [-0.2, -0.15) is 13.2 Å². The quantitative estimate of drug-likeness (QED) is 0.435. The first-order valence-corrected chi connectivity index (χ1v) is 2.09. The highest BCUT2D eigenvalue weighted by molar-refractivity contribution is 5.20. The lowest BCUT2D eigenvalue weighted by atomic mass is 10.4. The molecule has 1 rings (SSSR count). The Morgan fingerprint density at radius 2 is 1.75 bits per heavy atom. The highest BCUT2D eigenvalue weighted by atomic mass is 19.4. The lowest BCUT2D eigenvalue weighted by molar-refractivity contribution is -0.104. The molecule has 0 saturated heterocycles. The van der Waals surface area contributed by atoms with Crippen LogP contribution >= 0.6 is 0 Å². The van der Waals surface area contributed by atoms with Crippen LogP contribution in [0.3, 0.4) is 0 Å². The maximum absolute atomic E-state index is 11.5. The molecule has 1 radical (unpaired) electrons. The van der Waals surface area contributed by atoms with Crippen LogP contribution in [0.2, 0.25) is 0 Å². The zero-order valence-electron chi connectivity index (χ0n) is 3.80. The first-order valence-electron chi connectivity index (χ1n) is 2.09. The molecule has 0 aliphatic heterocycles. The van der Waals surface area contributed by atoms with Gasteiger partial charge in [-0.05, 0) is 6.42 Å². The summed E-state index contributed by atoms with van der Waals surface area (Å²) in [7, 11) is 0. The summed E-state index contributed by atoms with van der Waals surface area (Å²) in [6.07, 6.45) is -6.49. The topological polar surface area (TPSA) is 0 Å². The molecule has 1 saturated carbocycles. The number of alkyl halides is 4. The third-order valence-corrected chi connectivity index (χ3v) is 0.981. The summed E-state index contributed by atoms with van der Waals surface area (Å²) >= 11 is 0. The fraction of sp³-hybridized carbons (Fsp3) is 0.750. The fourth-order valence-corrected chi connectivity index (χ4v) is 0.427. The summed E-state index contributed by atoms with van der Waals surface area (Å²) in [5.41, 5.74) is 0. The molecule has 4 heteroatoms. The largest absolute Gasteiger partial charge is 0.398 e. The predicted molar refractivity (Wildman–Crippen MR) is 18.8 cm³/mol. The van der Waals surface area contributed by atoms with E-state index in [-0.39, 0.29) is 0 Å². The van der Waals surface area contributed by atoms with E-state index in [9.17, 15) is 17.6 Å². The van der Waals surface area contributed by atoms with Gasteiger partial charge in [-0.3, -0.25) is 0 Å². The van der Waals surface area contributed by atoms with E-state index in [0.29, 0.717) is 0 Å². The molecule has 0 nitrogen and oxygen atoms in total. The fourth-order valence-electron chi connectivity index (χ4n) is 0.427. The van der Waals surface area contributed by atoms with E-state index >= 15 is 0 Å². The van der Waals surface area contributed by atoms with Crippen molar-refractivity contribution < 1.29 is 17.6 Å². The lowest BCUT2D eigenvalue weighted by Gasteiger charge is -1.99. The third-order valence-electron chi connectivity index (χ3n) is 0.981. The van der Waals surface area contributed by atoms with Crippen molar-refractivity contribution in [1.29, 1.82) is 0 Å². The van der Waals surface area contributed by atoms with Crippen molar-refractivity contribution in [3.63, 3.8) is 0 Å². The summed E-state index contributed by atoms with van der Waals surface area (Å²) in [6.45, 7) is 0. The first kappa shape index (κ1) is 5.85. The van der Waals surface area contributed by atoms with Crippen LogP contribution in [0.25, 0.3) is 0 Å². The van der Waals surface area contributed by atoms with Crippen LogP contribution in [0.15, 0.2) is 0 Å². The van der Waals surface area contributed by atoms with Crippen LogP contribution in [0.5, 0.6) is 0 Å². The Hall–Kier alpha value is -0.280. The van der Waals surface area contributed by atoms with Crippen molar-refractivity contribution in [3.05, 3.63) is 5.92 Å². The summed E-state index contributed by atoms with van der Waals surface area (Å²) in [6, 6.07) is 0. The Labute approximate surface area is 43.5 Å². The number of hydrogen-bond donors (Lipinski definition) is 0. The molecule has 0 aromatic carbocycles. The van der Waals surface area contributed by atoms with Crippen LogP contribution in [-0.2, 0) is 0 Å². The average Bonchev–Trinajstić information content (AvgIpc) is 2.13. The summed E-state index contributed by atoms with van der Waals surface area (Å²) in [5, 5.41) is 0. The Morgan fingerprint density at radius 3 is 1.75 bits per heavy atom. The first-order chi connectivity index (χ1) is 3.52. The molecular formula is C4H3F4. The monoisotopic (exact) mass is 127 g/mol. The second-order valence-electron chi connectivity index (χ2n) is 1.69. The van der Waals surface area contributed by atoms with Gasteiger partial charge in [-0.25, -0.2) is 4.39 Å². The van der Waals surface area contributed by atoms with Crippen molar-refractivity contribution in [2.45, 2.75) is 18.8 Å². The van der Waals surface area contributed by atoms with Crippen molar-refractivity contribution >= 4 is 0 Å². The highest BCUT2D eigenvalue weighted by Gasteiger charge is 2.57. The zero-order valence-corrected chi connectivity index (χ0v) is 3.80. The van der Waals surface area contributed by atoms with Crippen molar-refractivity contribution in [1.82, 2.24) is 0 Å². The summed E-state index contributed by atoms with van der Waals surface area (Å²) in [4.78, 5) is 0. The Kier molecular flexibility index (Phi) is 0.994. The maximum atomic E-state index is 11.5. The van der Waals surface area contributed by atoms with Gasteiger partial charge in [0.25, 0.3) is 0 Å². The smallest absolute Gasteiger partial charge is 0.246 e. The van der Waals surface area contributed by atoms with Crippen LogP contribution in [0.1, 0.15) is 6.42 Å². The minimum Gasteiger partial charge on any atom is -0.246 e. The summed E-state index contributed by atoms with van der Waals surface area (Å²) in [5.74, 6) is -0.919. The van der Waals surface area contributed by atoms with E-state index in [1.807, 2.05) is 0 Å². The van der Waals surface area contributed by atoms with Crippen LogP contribution < -0.4 is 0 Å². The predicted octanol–water partition coefficient (Wildman–Crippen LogP) is 1.86. The molecule has 1 fully saturated rings. The van der Waals surface area contributed by atoms with E-state index in [0.717, 1.165) is 0 Å². The molecule has 1 unspecified atom stereocenters. The molecule has 0 bridgehead atoms. The molecule has 0 heterocycles. The van der Waals surface area contributed by atoms with Gasteiger partial charge in [0, 0.05) is 0 Å². The summed E-state index contributed by atoms with van der Waals surface area (Å²) < 4.78 is 45.2. The average molecular weight is 127 g/mol. The number of halogens is 4. The normalized spacial score (nSPS) is 30.8. The van der Waals surface area contributed by atoms with Crippen LogP contribution in [-0.4, -0.2) is 12.3 Å². The van der Waals surface area contributed by atoms with Crippen LogP contribution in [0, 0.1) is 5.92 Å².